The highest BCUT2D eigenvalue weighted by atomic mass is 16.6. The molecule has 0 aromatic carbocycles. The Morgan fingerprint density at radius 3 is 0.840 bits per heavy atom. The molecule has 426 valence electrons. The normalized spacial score (nSPS) is 12.9. The molecule has 0 radical (unpaired) electrons. The van der Waals surface area contributed by atoms with Gasteiger partial charge in [-0.2, -0.15) is 0 Å². The van der Waals surface area contributed by atoms with E-state index in [0.717, 1.165) is 148 Å². The van der Waals surface area contributed by atoms with Gasteiger partial charge < -0.3 is 14.2 Å². The van der Waals surface area contributed by atoms with Crippen molar-refractivity contribution < 1.29 is 28.6 Å². The summed E-state index contributed by atoms with van der Waals surface area (Å²) in [6.45, 7) is 6.47. The summed E-state index contributed by atoms with van der Waals surface area (Å²) in [6.07, 6.45) is 86.2. The average molecular weight is 1040 g/mol. The van der Waals surface area contributed by atoms with Crippen LogP contribution in [0.4, 0.5) is 0 Å². The first kappa shape index (κ1) is 70.8. The molecule has 0 aliphatic rings. The van der Waals surface area contributed by atoms with Crippen LogP contribution < -0.4 is 0 Å². The largest absolute Gasteiger partial charge is 0.462 e. The fourth-order valence-corrected chi connectivity index (χ4v) is 8.31. The zero-order valence-electron chi connectivity index (χ0n) is 48.8. The van der Waals surface area contributed by atoms with Crippen LogP contribution in [0.1, 0.15) is 278 Å². The molecule has 0 bridgehead atoms. The van der Waals surface area contributed by atoms with Crippen LogP contribution in [-0.4, -0.2) is 37.2 Å². The van der Waals surface area contributed by atoms with Crippen LogP contribution in [0.15, 0.2) is 122 Å². The Morgan fingerprint density at radius 1 is 0.280 bits per heavy atom. The molecule has 0 N–H and O–H groups in total. The van der Waals surface area contributed by atoms with E-state index in [1.165, 1.54) is 89.9 Å². The van der Waals surface area contributed by atoms with Crippen molar-refractivity contribution in [1.82, 2.24) is 0 Å². The molecule has 0 aliphatic carbocycles. The maximum absolute atomic E-state index is 12.9. The van der Waals surface area contributed by atoms with Gasteiger partial charge in [0.05, 0.1) is 0 Å². The van der Waals surface area contributed by atoms with Crippen molar-refractivity contribution in [2.75, 3.05) is 13.2 Å². The van der Waals surface area contributed by atoms with Crippen molar-refractivity contribution in [3.8, 4) is 0 Å². The standard InChI is InChI=1S/C69H114O6/c1-4-7-10-13-16-19-22-24-26-28-30-31-32-33-34-35-36-37-39-40-42-44-47-50-53-56-59-62-68(71)74-65-66(64-73-67(70)61-58-55-52-49-46-21-18-15-12-9-6-3)75-69(72)63-60-57-54-51-48-45-43-41-38-29-27-25-23-20-17-14-11-8-5-2/h7,10,16-17,19-20,24-27,30-31,33-34,36-38,40-42,66H,4-6,8-9,11-15,18,21-23,28-29,32,35,39,43-65H2,1-3H3/b10-7-,19-16-,20-17-,26-24-,27-25-,31-30-,34-33-,37-36-,41-38-,42-40-. The smallest absolute Gasteiger partial charge is 0.306 e. The quantitative estimate of drug-likeness (QED) is 0.0261. The maximum atomic E-state index is 12.9. The summed E-state index contributed by atoms with van der Waals surface area (Å²) in [6, 6.07) is 0. The second kappa shape index (κ2) is 62.4. The highest BCUT2D eigenvalue weighted by Crippen LogP contribution is 2.15. The van der Waals surface area contributed by atoms with E-state index in [0.29, 0.717) is 19.3 Å². The molecule has 6 nitrogen and oxygen atoms in total. The van der Waals surface area contributed by atoms with Crippen molar-refractivity contribution in [3.63, 3.8) is 0 Å². The monoisotopic (exact) mass is 1040 g/mol. The van der Waals surface area contributed by atoms with Crippen LogP contribution in [-0.2, 0) is 28.6 Å². The van der Waals surface area contributed by atoms with Crippen molar-refractivity contribution in [3.05, 3.63) is 122 Å². The van der Waals surface area contributed by atoms with Gasteiger partial charge in [-0.1, -0.05) is 264 Å². The fourth-order valence-electron chi connectivity index (χ4n) is 8.31. The summed E-state index contributed by atoms with van der Waals surface area (Å²) in [7, 11) is 0. The molecular formula is C69H114O6. The van der Waals surface area contributed by atoms with Crippen LogP contribution in [0.25, 0.3) is 0 Å². The van der Waals surface area contributed by atoms with Crippen LogP contribution in [0.3, 0.4) is 0 Å². The lowest BCUT2D eigenvalue weighted by Crippen LogP contribution is -2.30. The van der Waals surface area contributed by atoms with Gasteiger partial charge in [-0.3, -0.25) is 14.4 Å². The first-order valence-electron chi connectivity index (χ1n) is 31.0. The Balaban J connectivity index is 4.38. The SMILES string of the molecule is CC/C=C\C/C=C\C/C=C\C/C=C\C/C=C\C/C=C\C/C=C\CCCCCCCC(=O)OCC(COC(=O)CCCCCCCCCCCCC)OC(=O)CCCCCCCC/C=C\C/C=C\C/C=C\CCCCC. The third-order valence-electron chi connectivity index (χ3n) is 13.0. The lowest BCUT2D eigenvalue weighted by molar-refractivity contribution is -0.167. The van der Waals surface area contributed by atoms with Gasteiger partial charge in [0.25, 0.3) is 0 Å². The summed E-state index contributed by atoms with van der Waals surface area (Å²) in [5.74, 6) is -0.921. The van der Waals surface area contributed by atoms with Crippen LogP contribution in [0, 0.1) is 0 Å². The topological polar surface area (TPSA) is 78.9 Å². The van der Waals surface area contributed by atoms with Gasteiger partial charge in [0.15, 0.2) is 6.10 Å². The lowest BCUT2D eigenvalue weighted by Gasteiger charge is -2.18. The molecule has 0 aromatic heterocycles. The van der Waals surface area contributed by atoms with E-state index in [1.807, 2.05) is 0 Å². The van der Waals surface area contributed by atoms with Gasteiger partial charge in [0.2, 0.25) is 0 Å². The zero-order valence-corrected chi connectivity index (χ0v) is 48.8. The third kappa shape index (κ3) is 60.6. The van der Waals surface area contributed by atoms with Crippen LogP contribution in [0.5, 0.6) is 0 Å². The van der Waals surface area contributed by atoms with Crippen molar-refractivity contribution in [2.45, 2.75) is 284 Å². The van der Waals surface area contributed by atoms with Crippen molar-refractivity contribution in [2.24, 2.45) is 0 Å². The Kier molecular flexibility index (Phi) is 58.9. The predicted octanol–water partition coefficient (Wildman–Crippen LogP) is 21.2. The second-order valence-electron chi connectivity index (χ2n) is 20.2. The number of hydrogen-bond donors (Lipinski definition) is 0. The minimum Gasteiger partial charge on any atom is -0.462 e. The number of ether oxygens (including phenoxy) is 3. The molecule has 6 heteroatoms. The van der Waals surface area contributed by atoms with Crippen LogP contribution >= 0.6 is 0 Å². The minimum atomic E-state index is -0.795. The molecule has 1 atom stereocenters. The number of carbonyl (C=O) groups excluding carboxylic acids is 3. The predicted molar refractivity (Wildman–Crippen MR) is 325 cm³/mol. The molecule has 0 aliphatic heterocycles. The molecule has 0 amide bonds. The van der Waals surface area contributed by atoms with Gasteiger partial charge in [0.1, 0.15) is 13.2 Å². The molecule has 1 unspecified atom stereocenters. The first-order chi connectivity index (χ1) is 37.0. The Hall–Kier alpha value is -4.19. The molecular weight excluding hydrogens is 925 g/mol. The van der Waals surface area contributed by atoms with E-state index >= 15 is 0 Å². The van der Waals surface area contributed by atoms with Gasteiger partial charge in [-0.15, -0.1) is 0 Å². The van der Waals surface area contributed by atoms with E-state index in [4.69, 9.17) is 14.2 Å². The lowest BCUT2D eigenvalue weighted by atomic mass is 10.1. The number of hydrogen-bond acceptors (Lipinski definition) is 6. The van der Waals surface area contributed by atoms with Crippen molar-refractivity contribution >= 4 is 17.9 Å². The average Bonchev–Trinajstić information content (AvgIpc) is 3.41. The maximum Gasteiger partial charge on any atom is 0.306 e. The van der Waals surface area contributed by atoms with E-state index in [2.05, 4.69) is 142 Å². The summed E-state index contributed by atoms with van der Waals surface area (Å²) >= 11 is 0. The second-order valence-corrected chi connectivity index (χ2v) is 20.2. The van der Waals surface area contributed by atoms with Gasteiger partial charge >= 0.3 is 17.9 Å². The van der Waals surface area contributed by atoms with Gasteiger partial charge in [-0.05, 0) is 116 Å². The molecule has 0 heterocycles. The summed E-state index contributed by atoms with van der Waals surface area (Å²) in [5, 5.41) is 0. The molecule has 0 aromatic rings. The van der Waals surface area contributed by atoms with Crippen LogP contribution in [0.2, 0.25) is 0 Å². The molecule has 75 heavy (non-hydrogen) atoms. The molecule has 0 saturated carbocycles. The minimum absolute atomic E-state index is 0.0903. The highest BCUT2D eigenvalue weighted by molar-refractivity contribution is 5.71. The van der Waals surface area contributed by atoms with E-state index in [9.17, 15) is 14.4 Å². The molecule has 0 spiro atoms. The third-order valence-corrected chi connectivity index (χ3v) is 13.0. The van der Waals surface area contributed by atoms with Gasteiger partial charge in [-0.25, -0.2) is 0 Å². The number of esters is 3. The number of allylic oxidation sites excluding steroid dienone is 20. The number of carbonyl (C=O) groups is 3. The zero-order chi connectivity index (χ0) is 54.3. The Morgan fingerprint density at radius 2 is 0.520 bits per heavy atom. The summed E-state index contributed by atoms with van der Waals surface area (Å²) in [4.78, 5) is 38.2. The molecule has 0 fully saturated rings. The number of rotatable bonds is 55. The Bertz CT molecular complexity index is 1570. The highest BCUT2D eigenvalue weighted by Gasteiger charge is 2.19. The Labute approximate surface area is 462 Å². The van der Waals surface area contributed by atoms with E-state index in [1.54, 1.807) is 0 Å². The van der Waals surface area contributed by atoms with E-state index < -0.39 is 6.10 Å². The number of unbranched alkanes of at least 4 members (excludes halogenated alkanes) is 24. The summed E-state index contributed by atoms with van der Waals surface area (Å²) < 4.78 is 16.9. The molecule has 0 rings (SSSR count). The van der Waals surface area contributed by atoms with E-state index in [-0.39, 0.29) is 31.1 Å². The van der Waals surface area contributed by atoms with Gasteiger partial charge in [0, 0.05) is 19.3 Å². The molecule has 0 saturated heterocycles. The fraction of sp³-hybridized carbons (Fsp3) is 0.667. The first-order valence-corrected chi connectivity index (χ1v) is 31.0. The summed E-state index contributed by atoms with van der Waals surface area (Å²) in [5.41, 5.74) is 0. The van der Waals surface area contributed by atoms with Crippen molar-refractivity contribution in [1.29, 1.82) is 0 Å².